The quantitative estimate of drug-likeness (QED) is 0.449. The normalized spacial score (nSPS) is 12.9. The summed E-state index contributed by atoms with van der Waals surface area (Å²) in [6.07, 6.45) is -9.65. The van der Waals surface area contributed by atoms with Gasteiger partial charge in [0.05, 0.1) is 11.1 Å². The summed E-state index contributed by atoms with van der Waals surface area (Å²) >= 11 is 5.42. The Hall–Kier alpha value is -0.240. The molecule has 0 unspecified atom stereocenters. The van der Waals surface area contributed by atoms with Crippen LogP contribution in [0.25, 0.3) is 0 Å². The van der Waals surface area contributed by atoms with Gasteiger partial charge in [-0.05, 0) is 17.7 Å². The summed E-state index contributed by atoms with van der Waals surface area (Å²) in [6.45, 7) is 0. The van der Waals surface area contributed by atoms with Gasteiger partial charge in [-0.2, -0.15) is 26.3 Å². The first-order valence-corrected chi connectivity index (χ1v) is 6.01. The highest BCUT2D eigenvalue weighted by atomic mass is 79.9. The van der Waals surface area contributed by atoms with Gasteiger partial charge in [0, 0.05) is 9.80 Å². The summed E-state index contributed by atoms with van der Waals surface area (Å²) in [7, 11) is 0. The third kappa shape index (κ3) is 3.37. The molecule has 0 aliphatic rings. The molecule has 0 heterocycles. The van der Waals surface area contributed by atoms with E-state index in [4.69, 9.17) is 0 Å². The van der Waals surface area contributed by atoms with Crippen LogP contribution >= 0.6 is 31.9 Å². The standard InChI is InChI=1S/C9H4Br2F6/c10-3-4-1-7(11)6(9(15,16)17)2-5(4)8(12,13)14/h1-2H,3H2. The molecule has 0 saturated carbocycles. The molecule has 0 aromatic heterocycles. The summed E-state index contributed by atoms with van der Waals surface area (Å²) < 4.78 is 74.5. The zero-order valence-electron chi connectivity index (χ0n) is 7.89. The van der Waals surface area contributed by atoms with Crippen molar-refractivity contribution < 1.29 is 26.3 Å². The van der Waals surface area contributed by atoms with Crippen LogP contribution in [0.1, 0.15) is 16.7 Å². The fourth-order valence-electron chi connectivity index (χ4n) is 1.21. The Morgan fingerprint density at radius 2 is 1.35 bits per heavy atom. The second kappa shape index (κ2) is 4.79. The molecule has 0 N–H and O–H groups in total. The van der Waals surface area contributed by atoms with Gasteiger partial charge in [-0.25, -0.2) is 0 Å². The molecule has 8 heteroatoms. The van der Waals surface area contributed by atoms with E-state index in [1.54, 1.807) is 0 Å². The van der Waals surface area contributed by atoms with Crippen LogP contribution in [0, 0.1) is 0 Å². The van der Waals surface area contributed by atoms with Crippen molar-refractivity contribution in [2.24, 2.45) is 0 Å². The summed E-state index contributed by atoms with van der Waals surface area (Å²) in [4.78, 5) is 0. The average Bonchev–Trinajstić information content (AvgIpc) is 2.13. The Bertz CT molecular complexity index is 421. The maximum absolute atomic E-state index is 12.5. The molecule has 0 fully saturated rings. The van der Waals surface area contributed by atoms with Crippen molar-refractivity contribution in [1.29, 1.82) is 0 Å². The first-order valence-electron chi connectivity index (χ1n) is 4.10. The highest BCUT2D eigenvalue weighted by molar-refractivity contribution is 9.10. The Labute approximate surface area is 109 Å². The van der Waals surface area contributed by atoms with Gasteiger partial charge < -0.3 is 0 Å². The third-order valence-corrected chi connectivity index (χ3v) is 3.21. The lowest BCUT2D eigenvalue weighted by Crippen LogP contribution is -2.13. The van der Waals surface area contributed by atoms with Gasteiger partial charge in [0.15, 0.2) is 0 Å². The molecule has 0 aliphatic carbocycles. The Kier molecular flexibility index (Phi) is 4.18. The molecule has 1 aromatic rings. The highest BCUT2D eigenvalue weighted by Crippen LogP contribution is 2.41. The molecular weight excluding hydrogens is 382 g/mol. The lowest BCUT2D eigenvalue weighted by atomic mass is 10.0. The van der Waals surface area contributed by atoms with Crippen LogP contribution in [0.2, 0.25) is 0 Å². The summed E-state index contributed by atoms with van der Waals surface area (Å²) in [5, 5.41) is -0.182. The molecule has 0 amide bonds. The summed E-state index contributed by atoms with van der Waals surface area (Å²) in [5.74, 6) is 0. The van der Waals surface area contributed by atoms with E-state index in [0.29, 0.717) is 0 Å². The fraction of sp³-hybridized carbons (Fsp3) is 0.333. The predicted octanol–water partition coefficient (Wildman–Crippen LogP) is 5.38. The van der Waals surface area contributed by atoms with Gasteiger partial charge in [-0.1, -0.05) is 31.9 Å². The average molecular weight is 386 g/mol. The minimum atomic E-state index is -4.83. The van der Waals surface area contributed by atoms with Crippen molar-refractivity contribution in [3.63, 3.8) is 0 Å². The van der Waals surface area contributed by atoms with E-state index in [-0.39, 0.29) is 17.0 Å². The van der Waals surface area contributed by atoms with Crippen LogP contribution in [0.4, 0.5) is 26.3 Å². The number of hydrogen-bond donors (Lipinski definition) is 0. The predicted molar refractivity (Wildman–Crippen MR) is 56.8 cm³/mol. The molecule has 0 bridgehead atoms. The summed E-state index contributed by atoms with van der Waals surface area (Å²) in [6, 6.07) is 0.932. The van der Waals surface area contributed by atoms with Crippen LogP contribution in [-0.4, -0.2) is 0 Å². The van der Waals surface area contributed by atoms with E-state index >= 15 is 0 Å². The minimum Gasteiger partial charge on any atom is -0.166 e. The Balaban J connectivity index is 3.49. The van der Waals surface area contributed by atoms with Crippen molar-refractivity contribution in [3.05, 3.63) is 33.3 Å². The van der Waals surface area contributed by atoms with Crippen molar-refractivity contribution in [2.45, 2.75) is 17.7 Å². The van der Waals surface area contributed by atoms with Crippen LogP contribution in [-0.2, 0) is 17.7 Å². The molecule has 17 heavy (non-hydrogen) atoms. The van der Waals surface area contributed by atoms with Gasteiger partial charge in [0.1, 0.15) is 0 Å². The zero-order chi connectivity index (χ0) is 13.4. The largest absolute Gasteiger partial charge is 0.417 e. The van der Waals surface area contributed by atoms with E-state index in [2.05, 4.69) is 31.9 Å². The van der Waals surface area contributed by atoms with E-state index in [1.165, 1.54) is 0 Å². The Morgan fingerprint density at radius 1 is 0.882 bits per heavy atom. The van der Waals surface area contributed by atoms with Gasteiger partial charge in [0.25, 0.3) is 0 Å². The molecule has 0 radical (unpaired) electrons. The van der Waals surface area contributed by atoms with Crippen LogP contribution < -0.4 is 0 Å². The Morgan fingerprint density at radius 3 is 1.71 bits per heavy atom. The van der Waals surface area contributed by atoms with Gasteiger partial charge in [-0.3, -0.25) is 0 Å². The number of alkyl halides is 7. The summed E-state index contributed by atoms with van der Waals surface area (Å²) in [5.41, 5.74) is -2.88. The van der Waals surface area contributed by atoms with Crippen molar-refractivity contribution in [3.8, 4) is 0 Å². The molecule has 0 aliphatic heterocycles. The first-order chi connectivity index (χ1) is 7.57. The van der Waals surface area contributed by atoms with Gasteiger partial charge >= 0.3 is 12.4 Å². The van der Waals surface area contributed by atoms with Crippen LogP contribution in [0.3, 0.4) is 0 Å². The SMILES string of the molecule is FC(F)(F)c1cc(C(F)(F)F)c(CBr)cc1Br. The van der Waals surface area contributed by atoms with E-state index < -0.39 is 28.0 Å². The second-order valence-corrected chi connectivity index (χ2v) is 4.53. The molecule has 0 saturated heterocycles. The number of halogens is 8. The third-order valence-electron chi connectivity index (χ3n) is 1.95. The minimum absolute atomic E-state index is 0.112. The van der Waals surface area contributed by atoms with E-state index in [9.17, 15) is 26.3 Å². The van der Waals surface area contributed by atoms with Crippen LogP contribution in [0.15, 0.2) is 16.6 Å². The molecule has 1 aromatic carbocycles. The monoisotopic (exact) mass is 384 g/mol. The lowest BCUT2D eigenvalue weighted by Gasteiger charge is -2.16. The van der Waals surface area contributed by atoms with E-state index in [1.807, 2.05) is 0 Å². The van der Waals surface area contributed by atoms with Gasteiger partial charge in [0.2, 0.25) is 0 Å². The van der Waals surface area contributed by atoms with Crippen LogP contribution in [0.5, 0.6) is 0 Å². The van der Waals surface area contributed by atoms with Crippen molar-refractivity contribution >= 4 is 31.9 Å². The molecule has 0 nitrogen and oxygen atoms in total. The maximum atomic E-state index is 12.5. The zero-order valence-corrected chi connectivity index (χ0v) is 11.1. The number of rotatable bonds is 1. The smallest absolute Gasteiger partial charge is 0.166 e. The second-order valence-electron chi connectivity index (χ2n) is 3.12. The first kappa shape index (κ1) is 14.8. The topological polar surface area (TPSA) is 0 Å². The highest BCUT2D eigenvalue weighted by Gasteiger charge is 2.39. The molecule has 1 rings (SSSR count). The van der Waals surface area contributed by atoms with Crippen molar-refractivity contribution in [2.75, 3.05) is 0 Å². The maximum Gasteiger partial charge on any atom is 0.417 e. The number of benzene rings is 1. The van der Waals surface area contributed by atoms with Gasteiger partial charge in [-0.15, -0.1) is 0 Å². The lowest BCUT2D eigenvalue weighted by molar-refractivity contribution is -0.143. The molecule has 96 valence electrons. The molecular formula is C9H4Br2F6. The number of hydrogen-bond acceptors (Lipinski definition) is 0. The van der Waals surface area contributed by atoms with E-state index in [0.717, 1.165) is 6.07 Å². The van der Waals surface area contributed by atoms with Crippen molar-refractivity contribution in [1.82, 2.24) is 0 Å². The molecule has 0 spiro atoms. The molecule has 0 atom stereocenters. The fourth-order valence-corrected chi connectivity index (χ4v) is 2.29.